The van der Waals surface area contributed by atoms with E-state index < -0.39 is 5.79 Å². The molecule has 0 amide bonds. The van der Waals surface area contributed by atoms with Gasteiger partial charge in [0.1, 0.15) is 6.10 Å². The van der Waals surface area contributed by atoms with Gasteiger partial charge >= 0.3 is 5.97 Å². The van der Waals surface area contributed by atoms with Gasteiger partial charge in [0.2, 0.25) is 0 Å². The van der Waals surface area contributed by atoms with Crippen LogP contribution in [0.2, 0.25) is 0 Å². The van der Waals surface area contributed by atoms with Crippen LogP contribution in [0.4, 0.5) is 0 Å². The molecule has 5 rings (SSSR count). The van der Waals surface area contributed by atoms with Crippen LogP contribution in [0, 0.1) is 52.3 Å². The molecule has 230 valence electrons. The molecular formula is C35H60O5. The maximum atomic E-state index is 11.4. The van der Waals surface area contributed by atoms with Crippen LogP contribution in [0.3, 0.4) is 0 Å². The third-order valence-electron chi connectivity index (χ3n) is 12.7. The first-order chi connectivity index (χ1) is 18.9. The van der Waals surface area contributed by atoms with Gasteiger partial charge in [-0.05, 0) is 105 Å². The van der Waals surface area contributed by atoms with Gasteiger partial charge in [0, 0.05) is 19.3 Å². The Morgan fingerprint density at radius 1 is 0.975 bits per heavy atom. The number of esters is 1. The molecule has 5 heteroatoms. The lowest BCUT2D eigenvalue weighted by Gasteiger charge is -2.65. The van der Waals surface area contributed by atoms with Gasteiger partial charge in [-0.15, -0.1) is 0 Å². The van der Waals surface area contributed by atoms with Crippen LogP contribution in [0.25, 0.3) is 0 Å². The van der Waals surface area contributed by atoms with E-state index in [1.54, 1.807) is 0 Å². The molecule has 4 saturated carbocycles. The first-order valence-electron chi connectivity index (χ1n) is 17.0. The molecule has 0 aromatic rings. The zero-order chi connectivity index (χ0) is 28.9. The largest absolute Gasteiger partial charge is 0.460 e. The van der Waals surface area contributed by atoms with Crippen LogP contribution in [0.5, 0.6) is 0 Å². The second kappa shape index (κ2) is 11.8. The van der Waals surface area contributed by atoms with E-state index in [9.17, 15) is 4.79 Å². The SMILES string of the molecule is CC(=O)OC(C)COC1CCC2(C)C3CCC4(C)C(C(C)CCCC(C)C)CCC4C3CC3(OCC(C)O3)C2C1. The van der Waals surface area contributed by atoms with Crippen molar-refractivity contribution in [3.63, 3.8) is 0 Å². The zero-order valence-corrected chi connectivity index (χ0v) is 27.0. The van der Waals surface area contributed by atoms with Crippen LogP contribution >= 0.6 is 0 Å². The Morgan fingerprint density at radius 2 is 1.70 bits per heavy atom. The Kier molecular flexibility index (Phi) is 9.08. The van der Waals surface area contributed by atoms with E-state index in [1.807, 2.05) is 6.92 Å². The van der Waals surface area contributed by atoms with Gasteiger partial charge in [-0.2, -0.15) is 0 Å². The average Bonchev–Trinajstić information content (AvgIpc) is 3.42. The molecule has 0 radical (unpaired) electrons. The topological polar surface area (TPSA) is 54.0 Å². The van der Waals surface area contributed by atoms with Crippen molar-refractivity contribution < 1.29 is 23.7 Å². The van der Waals surface area contributed by atoms with Crippen molar-refractivity contribution in [3.8, 4) is 0 Å². The third kappa shape index (κ3) is 5.66. The summed E-state index contributed by atoms with van der Waals surface area (Å²) in [5.41, 5.74) is 0.677. The number of carbonyl (C=O) groups excluding carboxylic acids is 1. The molecule has 12 unspecified atom stereocenters. The number of hydrogen-bond donors (Lipinski definition) is 0. The standard InChI is InChI=1S/C35H60O5/c1-22(2)10-9-11-23(3)29-12-13-30-28-19-35(38-21-25(5)40-35)32-18-27(37-20-24(4)39-26(6)36)14-16-34(32,8)31(28)15-17-33(29,30)7/h22-25,27-32H,9-21H2,1-8H3. The predicted molar refractivity (Wildman–Crippen MR) is 159 cm³/mol. The molecule has 1 spiro atoms. The summed E-state index contributed by atoms with van der Waals surface area (Å²) in [4.78, 5) is 11.4. The highest BCUT2D eigenvalue weighted by atomic mass is 16.7. The second-order valence-corrected chi connectivity index (χ2v) is 15.9. The van der Waals surface area contributed by atoms with Crippen LogP contribution < -0.4 is 0 Å². The Morgan fingerprint density at radius 3 is 2.38 bits per heavy atom. The van der Waals surface area contributed by atoms with E-state index in [0.717, 1.165) is 48.9 Å². The molecule has 40 heavy (non-hydrogen) atoms. The Labute approximate surface area is 245 Å². The van der Waals surface area contributed by atoms with Crippen molar-refractivity contribution in [2.75, 3.05) is 13.2 Å². The number of rotatable bonds is 9. The highest BCUT2D eigenvalue weighted by Crippen LogP contribution is 2.71. The predicted octanol–water partition coefficient (Wildman–Crippen LogP) is 8.19. The summed E-state index contributed by atoms with van der Waals surface area (Å²) in [6.45, 7) is 19.3. The Balaban J connectivity index is 1.34. The molecule has 5 aliphatic rings. The van der Waals surface area contributed by atoms with Crippen molar-refractivity contribution in [3.05, 3.63) is 0 Å². The number of fused-ring (bicyclic) bond motifs is 6. The molecule has 5 nitrogen and oxygen atoms in total. The molecule has 0 aromatic heterocycles. The molecule has 5 fully saturated rings. The molecule has 1 aliphatic heterocycles. The van der Waals surface area contributed by atoms with E-state index in [2.05, 4.69) is 41.5 Å². The van der Waals surface area contributed by atoms with Crippen molar-refractivity contribution in [1.29, 1.82) is 0 Å². The lowest BCUT2D eigenvalue weighted by molar-refractivity contribution is -0.304. The molecule has 0 N–H and O–H groups in total. The summed E-state index contributed by atoms with van der Waals surface area (Å²) in [7, 11) is 0. The maximum absolute atomic E-state index is 11.4. The first kappa shape index (κ1) is 30.8. The van der Waals surface area contributed by atoms with Crippen LogP contribution in [0.1, 0.15) is 126 Å². The second-order valence-electron chi connectivity index (χ2n) is 15.9. The van der Waals surface area contributed by atoms with Gasteiger partial charge in [-0.25, -0.2) is 0 Å². The smallest absolute Gasteiger partial charge is 0.302 e. The normalized spacial score (nSPS) is 46.1. The minimum Gasteiger partial charge on any atom is -0.460 e. The van der Waals surface area contributed by atoms with E-state index in [-0.39, 0.29) is 29.7 Å². The molecule has 0 bridgehead atoms. The van der Waals surface area contributed by atoms with Gasteiger partial charge < -0.3 is 18.9 Å². The van der Waals surface area contributed by atoms with Crippen molar-refractivity contribution >= 4 is 5.97 Å². The molecular weight excluding hydrogens is 500 g/mol. The van der Waals surface area contributed by atoms with Crippen LogP contribution in [0.15, 0.2) is 0 Å². The van der Waals surface area contributed by atoms with E-state index in [4.69, 9.17) is 18.9 Å². The number of carbonyl (C=O) groups is 1. The van der Waals surface area contributed by atoms with Crippen LogP contribution in [-0.4, -0.2) is 43.3 Å². The molecule has 0 aromatic carbocycles. The maximum Gasteiger partial charge on any atom is 0.302 e. The molecule has 4 aliphatic carbocycles. The van der Waals surface area contributed by atoms with Gasteiger partial charge in [-0.3, -0.25) is 4.79 Å². The van der Waals surface area contributed by atoms with Crippen molar-refractivity contribution in [2.24, 2.45) is 52.3 Å². The van der Waals surface area contributed by atoms with Gasteiger partial charge in [0.05, 0.1) is 25.4 Å². The van der Waals surface area contributed by atoms with E-state index in [0.29, 0.717) is 30.5 Å². The zero-order valence-electron chi connectivity index (χ0n) is 27.0. The van der Waals surface area contributed by atoms with E-state index >= 15 is 0 Å². The fourth-order valence-electron chi connectivity index (χ4n) is 11.0. The third-order valence-corrected chi connectivity index (χ3v) is 12.7. The minimum absolute atomic E-state index is 0.151. The Hall–Kier alpha value is -0.650. The summed E-state index contributed by atoms with van der Waals surface area (Å²) >= 11 is 0. The lowest BCUT2D eigenvalue weighted by Crippen LogP contribution is -2.63. The fraction of sp³-hybridized carbons (Fsp3) is 0.971. The number of ether oxygens (including phenoxy) is 4. The van der Waals surface area contributed by atoms with E-state index in [1.165, 1.54) is 58.3 Å². The van der Waals surface area contributed by atoms with Crippen LogP contribution in [-0.2, 0) is 23.7 Å². The molecule has 12 atom stereocenters. The first-order valence-corrected chi connectivity index (χ1v) is 17.0. The summed E-state index contributed by atoms with van der Waals surface area (Å²) in [6.07, 6.45) is 14.1. The van der Waals surface area contributed by atoms with Gasteiger partial charge in [0.15, 0.2) is 5.79 Å². The monoisotopic (exact) mass is 560 g/mol. The molecule has 1 saturated heterocycles. The van der Waals surface area contributed by atoms with Gasteiger partial charge in [0.25, 0.3) is 0 Å². The minimum atomic E-state index is -0.474. The van der Waals surface area contributed by atoms with Crippen molar-refractivity contribution in [1.82, 2.24) is 0 Å². The summed E-state index contributed by atoms with van der Waals surface area (Å²) in [5, 5.41) is 0. The number of hydrogen-bond acceptors (Lipinski definition) is 5. The summed E-state index contributed by atoms with van der Waals surface area (Å²) < 4.78 is 25.4. The quantitative estimate of drug-likeness (QED) is 0.266. The van der Waals surface area contributed by atoms with Gasteiger partial charge in [-0.1, -0.05) is 53.9 Å². The highest BCUT2D eigenvalue weighted by Gasteiger charge is 2.68. The Bertz CT molecular complexity index is 887. The summed E-state index contributed by atoms with van der Waals surface area (Å²) in [6, 6.07) is 0. The van der Waals surface area contributed by atoms with Crippen molar-refractivity contribution in [2.45, 2.75) is 150 Å². The lowest BCUT2D eigenvalue weighted by atomic mass is 9.43. The fourth-order valence-corrected chi connectivity index (χ4v) is 11.0. The summed E-state index contributed by atoms with van der Waals surface area (Å²) in [5.74, 6) is 4.37. The highest BCUT2D eigenvalue weighted by molar-refractivity contribution is 5.66. The molecule has 1 heterocycles. The average molecular weight is 561 g/mol.